The Hall–Kier alpha value is -2.81. The van der Waals surface area contributed by atoms with Crippen molar-refractivity contribution in [1.82, 2.24) is 18.7 Å². The summed E-state index contributed by atoms with van der Waals surface area (Å²) >= 11 is 0.995. The maximum absolute atomic E-state index is 12.7. The third-order valence-corrected chi connectivity index (χ3v) is 5.46. The van der Waals surface area contributed by atoms with E-state index >= 15 is 0 Å². The van der Waals surface area contributed by atoms with E-state index in [1.54, 1.807) is 4.57 Å². The Bertz CT molecular complexity index is 1110. The number of aryl methyl sites for hydroxylation is 3. The predicted octanol–water partition coefficient (Wildman–Crippen LogP) is -0.0931. The number of thioether (sulfide) groups is 1. The van der Waals surface area contributed by atoms with Crippen LogP contribution in [0.25, 0.3) is 11.2 Å². The first-order valence-electron chi connectivity index (χ1n) is 8.39. The van der Waals surface area contributed by atoms with Crippen LogP contribution in [-0.2, 0) is 31.9 Å². The van der Waals surface area contributed by atoms with Crippen molar-refractivity contribution in [2.75, 3.05) is 0 Å². The van der Waals surface area contributed by atoms with Gasteiger partial charge in [0.25, 0.3) is 5.56 Å². The highest BCUT2D eigenvalue weighted by Gasteiger charge is 2.21. The summed E-state index contributed by atoms with van der Waals surface area (Å²) in [6.07, 6.45) is 0.631. The van der Waals surface area contributed by atoms with E-state index < -0.39 is 22.5 Å². The van der Waals surface area contributed by atoms with E-state index in [4.69, 9.17) is 0 Å². The smallest absolute Gasteiger partial charge is 0.332 e. The van der Waals surface area contributed by atoms with Gasteiger partial charge in [0.1, 0.15) is 0 Å². The van der Waals surface area contributed by atoms with E-state index in [2.05, 4.69) is 4.98 Å². The second-order valence-corrected chi connectivity index (χ2v) is 7.55. The Morgan fingerprint density at radius 2 is 1.85 bits per heavy atom. The fourth-order valence-corrected chi connectivity index (χ4v) is 3.68. The van der Waals surface area contributed by atoms with Crippen molar-refractivity contribution in [2.24, 2.45) is 14.1 Å². The Balaban J connectivity index is 2.15. The molecule has 3 aromatic rings. The van der Waals surface area contributed by atoms with Crippen LogP contribution in [0.15, 0.2) is 45.1 Å². The molecule has 1 atom stereocenters. The lowest BCUT2D eigenvalue weighted by Gasteiger charge is -2.13. The normalized spacial score (nSPS) is 12.4. The van der Waals surface area contributed by atoms with Gasteiger partial charge >= 0.3 is 5.69 Å². The lowest BCUT2D eigenvalue weighted by atomic mass is 10.1. The summed E-state index contributed by atoms with van der Waals surface area (Å²) in [6.45, 7) is 1.92. The van der Waals surface area contributed by atoms with Crippen LogP contribution in [0.5, 0.6) is 0 Å². The Kier molecular flexibility index (Phi) is 5.22. The molecule has 8 nitrogen and oxygen atoms in total. The van der Waals surface area contributed by atoms with E-state index in [1.165, 1.54) is 25.6 Å². The molecule has 2 aromatic heterocycles. The van der Waals surface area contributed by atoms with E-state index in [1.807, 2.05) is 30.3 Å². The minimum absolute atomic E-state index is 0.240. The lowest BCUT2D eigenvalue weighted by molar-refractivity contribution is -0.304. The number of carbonyl (C=O) groups excluding carboxylic acids is 1. The molecular formula is C18H19N4O4S-. The molecule has 0 saturated heterocycles. The molecule has 3 rings (SSSR count). The summed E-state index contributed by atoms with van der Waals surface area (Å²) in [5.74, 6) is -1.22. The van der Waals surface area contributed by atoms with E-state index in [0.717, 1.165) is 21.9 Å². The minimum atomic E-state index is -1.22. The van der Waals surface area contributed by atoms with Crippen molar-refractivity contribution >= 4 is 28.9 Å². The van der Waals surface area contributed by atoms with E-state index in [-0.39, 0.29) is 11.2 Å². The van der Waals surface area contributed by atoms with Crippen molar-refractivity contribution < 1.29 is 9.90 Å². The maximum atomic E-state index is 12.7. The molecular weight excluding hydrogens is 368 g/mol. The number of carbonyl (C=O) groups is 1. The fraction of sp³-hybridized carbons (Fsp3) is 0.333. The van der Waals surface area contributed by atoms with Crippen molar-refractivity contribution in [1.29, 1.82) is 0 Å². The molecule has 142 valence electrons. The first-order chi connectivity index (χ1) is 12.8. The van der Waals surface area contributed by atoms with Gasteiger partial charge in [-0.1, -0.05) is 42.1 Å². The third-order valence-electron chi connectivity index (χ3n) is 4.39. The summed E-state index contributed by atoms with van der Waals surface area (Å²) in [7, 11) is 2.95. The molecule has 1 aromatic carbocycles. The van der Waals surface area contributed by atoms with Gasteiger partial charge in [-0.05, 0) is 18.9 Å². The predicted molar refractivity (Wildman–Crippen MR) is 101 cm³/mol. The number of aromatic nitrogens is 4. The molecule has 0 aliphatic carbocycles. The Labute approximate surface area is 159 Å². The standard InChI is InChI=1S/C18H20N4O4S/c1-11(16(24)25)27-17-19-14-13(15(23)21(3)18(26)20(14)2)22(17)10-9-12-7-5-4-6-8-12/h4-8,11H,9-10H2,1-3H3,(H,24,25)/p-1/t11-/m0/s1. The van der Waals surface area contributed by atoms with Gasteiger partial charge in [-0.15, -0.1) is 0 Å². The Morgan fingerprint density at radius 3 is 2.48 bits per heavy atom. The first-order valence-corrected chi connectivity index (χ1v) is 9.27. The lowest BCUT2D eigenvalue weighted by Crippen LogP contribution is -2.37. The quantitative estimate of drug-likeness (QED) is 0.548. The summed E-state index contributed by atoms with van der Waals surface area (Å²) in [5.41, 5.74) is 0.656. The van der Waals surface area contributed by atoms with Crippen molar-refractivity contribution in [3.05, 3.63) is 56.7 Å². The van der Waals surface area contributed by atoms with Gasteiger partial charge in [0.2, 0.25) is 0 Å². The van der Waals surface area contributed by atoms with Crippen molar-refractivity contribution in [3.8, 4) is 0 Å². The van der Waals surface area contributed by atoms with Crippen LogP contribution in [-0.4, -0.2) is 29.9 Å². The zero-order valence-corrected chi connectivity index (χ0v) is 16.0. The number of carboxylic acids is 1. The first kappa shape index (κ1) is 19.0. The molecule has 0 amide bonds. The highest BCUT2D eigenvalue weighted by Crippen LogP contribution is 2.25. The second kappa shape index (κ2) is 7.43. The molecule has 0 bridgehead atoms. The highest BCUT2D eigenvalue weighted by atomic mass is 32.2. The van der Waals surface area contributed by atoms with Crippen LogP contribution in [0.1, 0.15) is 12.5 Å². The van der Waals surface area contributed by atoms with Gasteiger partial charge in [0.15, 0.2) is 16.3 Å². The maximum Gasteiger partial charge on any atom is 0.332 e. The average molecular weight is 387 g/mol. The number of aliphatic carboxylic acids is 1. The topological polar surface area (TPSA) is 102 Å². The minimum Gasteiger partial charge on any atom is -0.549 e. The number of hydrogen-bond donors (Lipinski definition) is 0. The van der Waals surface area contributed by atoms with E-state index in [9.17, 15) is 19.5 Å². The zero-order chi connectivity index (χ0) is 19.7. The number of fused-ring (bicyclic) bond motifs is 1. The molecule has 0 N–H and O–H groups in total. The van der Waals surface area contributed by atoms with Gasteiger partial charge in [-0.2, -0.15) is 0 Å². The Morgan fingerprint density at radius 1 is 1.19 bits per heavy atom. The summed E-state index contributed by atoms with van der Waals surface area (Å²) in [5, 5.41) is 10.7. The molecule has 0 fully saturated rings. The van der Waals surface area contributed by atoms with Crippen LogP contribution in [0.3, 0.4) is 0 Å². The van der Waals surface area contributed by atoms with Crippen molar-refractivity contribution in [2.45, 2.75) is 30.3 Å². The molecule has 0 unspecified atom stereocenters. The second-order valence-electron chi connectivity index (χ2n) is 6.24. The molecule has 9 heteroatoms. The molecule has 2 heterocycles. The summed E-state index contributed by atoms with van der Waals surface area (Å²) in [4.78, 5) is 40.5. The van der Waals surface area contributed by atoms with Crippen LogP contribution in [0.2, 0.25) is 0 Å². The summed E-state index contributed by atoms with van der Waals surface area (Å²) in [6, 6.07) is 9.73. The van der Waals surface area contributed by atoms with E-state index in [0.29, 0.717) is 18.1 Å². The molecule has 0 spiro atoms. The zero-order valence-electron chi connectivity index (χ0n) is 15.2. The highest BCUT2D eigenvalue weighted by molar-refractivity contribution is 8.00. The largest absolute Gasteiger partial charge is 0.549 e. The van der Waals surface area contributed by atoms with Gasteiger partial charge in [0.05, 0.1) is 5.97 Å². The molecule has 27 heavy (non-hydrogen) atoms. The number of nitrogens with zero attached hydrogens (tertiary/aromatic N) is 4. The number of carboxylic acid groups (broad SMARTS) is 1. The monoisotopic (exact) mass is 387 g/mol. The fourth-order valence-electron chi connectivity index (χ4n) is 2.82. The third kappa shape index (κ3) is 3.55. The van der Waals surface area contributed by atoms with Gasteiger partial charge in [0, 0.05) is 25.9 Å². The summed E-state index contributed by atoms with van der Waals surface area (Å²) < 4.78 is 4.01. The number of benzene rings is 1. The number of rotatable bonds is 6. The number of hydrogen-bond acceptors (Lipinski definition) is 6. The molecule has 0 aliphatic rings. The van der Waals surface area contributed by atoms with Crippen LogP contribution >= 0.6 is 11.8 Å². The van der Waals surface area contributed by atoms with Crippen LogP contribution in [0, 0.1) is 0 Å². The van der Waals surface area contributed by atoms with Crippen molar-refractivity contribution in [3.63, 3.8) is 0 Å². The van der Waals surface area contributed by atoms with Crippen LogP contribution < -0.4 is 16.4 Å². The molecule has 0 saturated carbocycles. The van der Waals surface area contributed by atoms with Gasteiger partial charge in [-0.3, -0.25) is 13.9 Å². The van der Waals surface area contributed by atoms with Crippen LogP contribution in [0.4, 0.5) is 0 Å². The number of imidazole rings is 1. The molecule has 0 radical (unpaired) electrons. The van der Waals surface area contributed by atoms with Gasteiger partial charge in [-0.25, -0.2) is 9.78 Å². The average Bonchev–Trinajstić information content (AvgIpc) is 3.02. The molecule has 0 aliphatic heterocycles. The SMILES string of the molecule is C[C@H](Sc1nc2c(c(=O)n(C)c(=O)n2C)n1CCc1ccccc1)C(=O)[O-]. The van der Waals surface area contributed by atoms with Gasteiger partial charge < -0.3 is 14.5 Å².